The van der Waals surface area contributed by atoms with Crippen LogP contribution in [0.15, 0.2) is 91.0 Å². The molecule has 2 unspecified atom stereocenters. The molecule has 3 aromatic rings. The summed E-state index contributed by atoms with van der Waals surface area (Å²) in [6, 6.07) is 23.9. The third-order valence-corrected chi connectivity index (χ3v) is 6.49. The molecule has 9 nitrogen and oxygen atoms in total. The maximum absolute atomic E-state index is 13.9. The van der Waals surface area contributed by atoms with E-state index in [9.17, 15) is 24.3 Å². The lowest BCUT2D eigenvalue weighted by atomic mass is 9.80. The molecule has 202 valence electrons. The third-order valence-electron chi connectivity index (χ3n) is 6.49. The van der Waals surface area contributed by atoms with Gasteiger partial charge in [0.2, 0.25) is 11.4 Å². The van der Waals surface area contributed by atoms with E-state index in [-0.39, 0.29) is 16.7 Å². The third kappa shape index (κ3) is 5.45. The molecule has 1 N–H and O–H groups in total. The maximum atomic E-state index is 13.9. The molecule has 1 heterocycles. The van der Waals surface area contributed by atoms with E-state index in [0.29, 0.717) is 0 Å². The molecule has 1 aliphatic heterocycles. The second-order valence-electron chi connectivity index (χ2n) is 9.25. The van der Waals surface area contributed by atoms with Gasteiger partial charge in [-0.3, -0.25) is 9.59 Å². The van der Waals surface area contributed by atoms with Crippen molar-refractivity contribution in [3.8, 4) is 0 Å². The first kappa shape index (κ1) is 27.7. The molecule has 39 heavy (non-hydrogen) atoms. The van der Waals surface area contributed by atoms with Crippen molar-refractivity contribution >= 4 is 23.7 Å². The van der Waals surface area contributed by atoms with Gasteiger partial charge in [0.05, 0.1) is 11.1 Å². The average Bonchev–Trinajstić information content (AvgIpc) is 3.16. The van der Waals surface area contributed by atoms with E-state index in [4.69, 9.17) is 18.9 Å². The van der Waals surface area contributed by atoms with Gasteiger partial charge in [0.25, 0.3) is 5.79 Å². The van der Waals surface area contributed by atoms with Gasteiger partial charge in [-0.1, -0.05) is 66.7 Å². The Hall–Kier alpha value is -4.34. The van der Waals surface area contributed by atoms with Gasteiger partial charge < -0.3 is 24.1 Å². The number of hydrogen-bond acceptors (Lipinski definition) is 9. The van der Waals surface area contributed by atoms with Crippen molar-refractivity contribution in [3.63, 3.8) is 0 Å². The van der Waals surface area contributed by atoms with Crippen LogP contribution in [0.5, 0.6) is 0 Å². The van der Waals surface area contributed by atoms with E-state index in [1.165, 1.54) is 38.1 Å². The second-order valence-corrected chi connectivity index (χ2v) is 9.25. The topological polar surface area (TPSA) is 125 Å². The number of hydrogen-bond donors (Lipinski definition) is 1. The Balaban J connectivity index is 1.78. The van der Waals surface area contributed by atoms with Crippen LogP contribution in [0.25, 0.3) is 0 Å². The van der Waals surface area contributed by atoms with Gasteiger partial charge in [0.15, 0.2) is 6.10 Å². The summed E-state index contributed by atoms with van der Waals surface area (Å²) in [6.07, 6.45) is -4.33. The van der Waals surface area contributed by atoms with Crippen molar-refractivity contribution < 1.29 is 43.2 Å². The van der Waals surface area contributed by atoms with Crippen LogP contribution >= 0.6 is 0 Å². The van der Waals surface area contributed by atoms with Crippen LogP contribution < -0.4 is 0 Å². The molecule has 0 saturated carbocycles. The molecular weight excluding hydrogens is 504 g/mol. The van der Waals surface area contributed by atoms with Crippen LogP contribution in [0.3, 0.4) is 0 Å². The van der Waals surface area contributed by atoms with E-state index in [0.717, 1.165) is 6.92 Å². The summed E-state index contributed by atoms with van der Waals surface area (Å²) >= 11 is 0. The fourth-order valence-corrected chi connectivity index (χ4v) is 4.56. The number of ketones is 1. The molecule has 1 aliphatic rings. The van der Waals surface area contributed by atoms with Crippen molar-refractivity contribution in [1.82, 2.24) is 0 Å². The van der Waals surface area contributed by atoms with Gasteiger partial charge >= 0.3 is 17.9 Å². The van der Waals surface area contributed by atoms with E-state index in [2.05, 4.69) is 0 Å². The number of ether oxygens (including phenoxy) is 4. The second kappa shape index (κ2) is 11.2. The van der Waals surface area contributed by atoms with Crippen LogP contribution in [-0.4, -0.2) is 58.5 Å². The maximum Gasteiger partial charge on any atom is 0.338 e. The van der Waals surface area contributed by atoms with Crippen LogP contribution in [0.1, 0.15) is 51.8 Å². The van der Waals surface area contributed by atoms with Gasteiger partial charge in [0, 0.05) is 19.4 Å². The predicted octanol–water partition coefficient (Wildman–Crippen LogP) is 3.75. The number of benzene rings is 3. The summed E-state index contributed by atoms with van der Waals surface area (Å²) < 4.78 is 22.7. The highest BCUT2D eigenvalue weighted by atomic mass is 16.8. The SMILES string of the molecule is CC(=O)OC1(C)O[C@H](C(C)OC(=O)c2ccccc2)[C@@H](OC(=O)c2ccccc2)[C@]1(O)C(=O)c1ccccc1. The zero-order valence-electron chi connectivity index (χ0n) is 21.6. The van der Waals surface area contributed by atoms with E-state index >= 15 is 0 Å². The predicted molar refractivity (Wildman–Crippen MR) is 138 cm³/mol. The molecular formula is C30H28O9. The molecule has 3 aromatic carbocycles. The molecule has 0 radical (unpaired) electrons. The Morgan fingerprint density at radius 2 is 1.26 bits per heavy atom. The average molecular weight is 533 g/mol. The molecule has 0 aromatic heterocycles. The molecule has 0 amide bonds. The molecule has 0 aliphatic carbocycles. The Kier molecular flexibility index (Phi) is 7.94. The van der Waals surface area contributed by atoms with Crippen LogP contribution in [0.4, 0.5) is 0 Å². The minimum absolute atomic E-state index is 0.0531. The largest absolute Gasteiger partial charge is 0.456 e. The van der Waals surface area contributed by atoms with Crippen molar-refractivity contribution in [2.75, 3.05) is 0 Å². The van der Waals surface area contributed by atoms with Crippen molar-refractivity contribution in [2.45, 2.75) is 50.5 Å². The van der Waals surface area contributed by atoms with Crippen molar-refractivity contribution in [3.05, 3.63) is 108 Å². The molecule has 4 rings (SSSR count). The highest BCUT2D eigenvalue weighted by Crippen LogP contribution is 2.46. The highest BCUT2D eigenvalue weighted by Gasteiger charge is 2.72. The number of carbonyl (C=O) groups is 4. The normalized spacial score (nSPS) is 24.8. The molecule has 5 atom stereocenters. The summed E-state index contributed by atoms with van der Waals surface area (Å²) in [5.41, 5.74) is -2.28. The summed E-state index contributed by atoms with van der Waals surface area (Å²) in [5.74, 6) is -5.67. The summed E-state index contributed by atoms with van der Waals surface area (Å²) in [7, 11) is 0. The van der Waals surface area contributed by atoms with Crippen molar-refractivity contribution in [1.29, 1.82) is 0 Å². The minimum atomic E-state index is -2.72. The zero-order valence-corrected chi connectivity index (χ0v) is 21.6. The fourth-order valence-electron chi connectivity index (χ4n) is 4.56. The van der Waals surface area contributed by atoms with Gasteiger partial charge in [-0.2, -0.15) is 0 Å². The van der Waals surface area contributed by atoms with E-state index in [1.54, 1.807) is 66.7 Å². The Bertz CT molecular complexity index is 1340. The van der Waals surface area contributed by atoms with E-state index in [1.807, 2.05) is 0 Å². The van der Waals surface area contributed by atoms with Crippen LogP contribution in [0, 0.1) is 0 Å². The van der Waals surface area contributed by atoms with Gasteiger partial charge in [-0.15, -0.1) is 0 Å². The Morgan fingerprint density at radius 3 is 1.74 bits per heavy atom. The number of aliphatic hydroxyl groups is 1. The number of rotatable bonds is 8. The summed E-state index contributed by atoms with van der Waals surface area (Å²) in [5, 5.41) is 12.1. The Labute approximate surface area is 225 Å². The number of carbonyl (C=O) groups excluding carboxylic acids is 4. The molecule has 1 fully saturated rings. The lowest BCUT2D eigenvalue weighted by molar-refractivity contribution is -0.259. The van der Waals surface area contributed by atoms with Crippen LogP contribution in [-0.2, 0) is 23.7 Å². The zero-order chi connectivity index (χ0) is 28.2. The first-order chi connectivity index (χ1) is 18.6. The van der Waals surface area contributed by atoms with Gasteiger partial charge in [-0.05, 0) is 31.2 Å². The highest BCUT2D eigenvalue weighted by molar-refractivity contribution is 6.04. The van der Waals surface area contributed by atoms with Crippen molar-refractivity contribution in [2.24, 2.45) is 0 Å². The standard InChI is InChI=1S/C30H28O9/c1-19(36-27(33)22-15-9-5-10-16-22)24-26(37-28(34)23-17-11-6-12-18-23)30(35,29(3,39-24)38-20(2)31)25(32)21-13-7-4-8-14-21/h4-19,24,26,35H,1-3H3/t19?,24-,26-,29?,30-/m1/s1. The monoisotopic (exact) mass is 532 g/mol. The van der Waals surface area contributed by atoms with Gasteiger partial charge in [0.1, 0.15) is 12.2 Å². The Morgan fingerprint density at radius 1 is 0.795 bits per heavy atom. The lowest BCUT2D eigenvalue weighted by Crippen LogP contribution is -2.63. The number of Topliss-reactive ketones (excluding diaryl/α,β-unsaturated/α-hetero) is 1. The quantitative estimate of drug-likeness (QED) is 0.262. The molecule has 0 spiro atoms. The molecule has 9 heteroatoms. The fraction of sp³-hybridized carbons (Fsp3) is 0.267. The first-order valence-electron chi connectivity index (χ1n) is 12.3. The summed E-state index contributed by atoms with van der Waals surface area (Å²) in [4.78, 5) is 52.0. The van der Waals surface area contributed by atoms with Gasteiger partial charge in [-0.25, -0.2) is 9.59 Å². The summed E-state index contributed by atoms with van der Waals surface area (Å²) in [6.45, 7) is 3.74. The van der Waals surface area contributed by atoms with E-state index < -0.39 is 53.4 Å². The molecule has 0 bridgehead atoms. The first-order valence-corrected chi connectivity index (χ1v) is 12.3. The molecule has 1 saturated heterocycles. The van der Waals surface area contributed by atoms with Crippen LogP contribution in [0.2, 0.25) is 0 Å². The smallest absolute Gasteiger partial charge is 0.338 e. The minimum Gasteiger partial charge on any atom is -0.456 e. The lowest BCUT2D eigenvalue weighted by Gasteiger charge is -2.37. The number of esters is 3.